The number of hydrogen-bond donors (Lipinski definition) is 0. The minimum absolute atomic E-state index is 0.335. The SMILES string of the molecule is Cc1nc(-c2ccccc2Cl)n2c1nnc1ccc(F)cc12. The number of halogens is 2. The molecule has 4 nitrogen and oxygen atoms in total. The summed E-state index contributed by atoms with van der Waals surface area (Å²) in [6, 6.07) is 11.8. The van der Waals surface area contributed by atoms with Crippen LogP contribution in [0.3, 0.4) is 0 Å². The van der Waals surface area contributed by atoms with E-state index < -0.39 is 0 Å². The number of aromatic nitrogens is 4. The second-order valence-electron chi connectivity index (χ2n) is 4.99. The van der Waals surface area contributed by atoms with E-state index in [1.54, 1.807) is 16.5 Å². The second kappa shape index (κ2) is 4.74. The van der Waals surface area contributed by atoms with Crippen LogP contribution in [0.4, 0.5) is 4.39 Å². The van der Waals surface area contributed by atoms with Gasteiger partial charge in [-0.3, -0.25) is 4.40 Å². The van der Waals surface area contributed by atoms with Crippen molar-refractivity contribution in [2.45, 2.75) is 6.92 Å². The molecule has 0 aliphatic heterocycles. The average Bonchev–Trinajstić information content (AvgIpc) is 2.85. The minimum atomic E-state index is -0.335. The first-order valence-electron chi connectivity index (χ1n) is 6.71. The summed E-state index contributed by atoms with van der Waals surface area (Å²) < 4.78 is 15.5. The highest BCUT2D eigenvalue weighted by atomic mass is 35.5. The minimum Gasteiger partial charge on any atom is -0.273 e. The van der Waals surface area contributed by atoms with Gasteiger partial charge in [0.15, 0.2) is 5.65 Å². The first-order valence-corrected chi connectivity index (χ1v) is 7.09. The summed E-state index contributed by atoms with van der Waals surface area (Å²) in [5, 5.41) is 8.91. The normalized spacial score (nSPS) is 11.4. The topological polar surface area (TPSA) is 43.1 Å². The molecule has 0 saturated heterocycles. The molecule has 6 heteroatoms. The van der Waals surface area contributed by atoms with Gasteiger partial charge in [-0.15, -0.1) is 10.2 Å². The summed E-state index contributed by atoms with van der Waals surface area (Å²) in [5.74, 6) is 0.293. The van der Waals surface area contributed by atoms with Gasteiger partial charge in [-0.2, -0.15) is 0 Å². The highest BCUT2D eigenvalue weighted by Gasteiger charge is 2.16. The van der Waals surface area contributed by atoms with Crippen molar-refractivity contribution in [1.29, 1.82) is 0 Å². The fourth-order valence-corrected chi connectivity index (χ4v) is 2.77. The summed E-state index contributed by atoms with van der Waals surface area (Å²) in [4.78, 5) is 4.55. The van der Waals surface area contributed by atoms with E-state index >= 15 is 0 Å². The summed E-state index contributed by atoms with van der Waals surface area (Å²) >= 11 is 6.29. The van der Waals surface area contributed by atoms with Crippen LogP contribution in [0.25, 0.3) is 28.1 Å². The number of rotatable bonds is 1. The molecule has 4 rings (SSSR count). The molecular weight excluding hydrogens is 303 g/mol. The van der Waals surface area contributed by atoms with Crippen LogP contribution in [0, 0.1) is 12.7 Å². The maximum Gasteiger partial charge on any atom is 0.183 e. The van der Waals surface area contributed by atoms with Crippen molar-refractivity contribution in [1.82, 2.24) is 19.6 Å². The van der Waals surface area contributed by atoms with Crippen molar-refractivity contribution in [3.63, 3.8) is 0 Å². The molecule has 0 aliphatic carbocycles. The molecule has 22 heavy (non-hydrogen) atoms. The van der Waals surface area contributed by atoms with E-state index in [1.807, 2.05) is 25.1 Å². The third-order valence-corrected chi connectivity index (χ3v) is 3.90. The summed E-state index contributed by atoms with van der Waals surface area (Å²) in [5.41, 5.74) is 3.28. The number of nitrogens with zero attached hydrogens (tertiary/aromatic N) is 4. The van der Waals surface area contributed by atoms with Crippen LogP contribution in [0.2, 0.25) is 5.02 Å². The van der Waals surface area contributed by atoms with Crippen LogP contribution in [0.1, 0.15) is 5.69 Å². The molecule has 0 unspecified atom stereocenters. The van der Waals surface area contributed by atoms with Gasteiger partial charge in [0.1, 0.15) is 17.2 Å². The van der Waals surface area contributed by atoms with E-state index in [0.717, 1.165) is 5.56 Å². The van der Waals surface area contributed by atoms with Crippen molar-refractivity contribution in [2.75, 3.05) is 0 Å². The first kappa shape index (κ1) is 13.2. The van der Waals surface area contributed by atoms with E-state index in [0.29, 0.717) is 33.2 Å². The molecule has 0 amide bonds. The summed E-state index contributed by atoms with van der Waals surface area (Å²) in [6.07, 6.45) is 0. The molecular formula is C16H10ClFN4. The van der Waals surface area contributed by atoms with Gasteiger partial charge < -0.3 is 0 Å². The van der Waals surface area contributed by atoms with Crippen molar-refractivity contribution >= 4 is 28.3 Å². The van der Waals surface area contributed by atoms with Crippen LogP contribution < -0.4 is 0 Å². The Morgan fingerprint density at radius 1 is 1.09 bits per heavy atom. The van der Waals surface area contributed by atoms with E-state index in [1.165, 1.54) is 12.1 Å². The number of fused-ring (bicyclic) bond motifs is 3. The van der Waals surface area contributed by atoms with Gasteiger partial charge in [-0.05, 0) is 31.2 Å². The Hall–Kier alpha value is -2.53. The van der Waals surface area contributed by atoms with Crippen molar-refractivity contribution in [2.24, 2.45) is 0 Å². The van der Waals surface area contributed by atoms with E-state index in [9.17, 15) is 4.39 Å². The molecule has 0 spiro atoms. The van der Waals surface area contributed by atoms with Crippen LogP contribution in [0.15, 0.2) is 42.5 Å². The molecule has 2 aromatic carbocycles. The molecule has 0 radical (unpaired) electrons. The zero-order chi connectivity index (χ0) is 15.3. The van der Waals surface area contributed by atoms with Crippen LogP contribution in [-0.4, -0.2) is 19.6 Å². The van der Waals surface area contributed by atoms with Gasteiger partial charge in [-0.1, -0.05) is 23.7 Å². The third-order valence-electron chi connectivity index (χ3n) is 3.57. The van der Waals surface area contributed by atoms with E-state index in [4.69, 9.17) is 11.6 Å². The molecule has 0 fully saturated rings. The standard InChI is InChI=1S/C16H10ClFN4/c1-9-15-21-20-13-7-6-10(18)8-14(13)22(15)16(19-9)11-4-2-3-5-12(11)17/h2-8H,1H3. The van der Waals surface area contributed by atoms with Gasteiger partial charge in [0, 0.05) is 11.6 Å². The summed E-state index contributed by atoms with van der Waals surface area (Å²) in [7, 11) is 0. The highest BCUT2D eigenvalue weighted by Crippen LogP contribution is 2.30. The summed E-state index contributed by atoms with van der Waals surface area (Å²) in [6.45, 7) is 1.84. The molecule has 0 saturated carbocycles. The Labute approximate surface area is 130 Å². The van der Waals surface area contributed by atoms with Gasteiger partial charge in [0.05, 0.1) is 16.2 Å². The fraction of sp³-hybridized carbons (Fsp3) is 0.0625. The largest absolute Gasteiger partial charge is 0.273 e. The number of aryl methyl sites for hydroxylation is 1. The molecule has 0 atom stereocenters. The lowest BCUT2D eigenvalue weighted by Gasteiger charge is -2.06. The average molecular weight is 313 g/mol. The van der Waals surface area contributed by atoms with E-state index in [2.05, 4.69) is 15.2 Å². The number of imidazole rings is 1. The molecule has 0 N–H and O–H groups in total. The Morgan fingerprint density at radius 3 is 2.73 bits per heavy atom. The van der Waals surface area contributed by atoms with Crippen LogP contribution >= 0.6 is 11.6 Å². The third kappa shape index (κ3) is 1.86. The zero-order valence-corrected chi connectivity index (χ0v) is 12.3. The quantitative estimate of drug-likeness (QED) is 0.532. The van der Waals surface area contributed by atoms with Gasteiger partial charge in [-0.25, -0.2) is 9.37 Å². The maximum absolute atomic E-state index is 13.7. The van der Waals surface area contributed by atoms with Crippen molar-refractivity contribution in [3.05, 3.63) is 59.0 Å². The zero-order valence-electron chi connectivity index (χ0n) is 11.6. The monoisotopic (exact) mass is 312 g/mol. The predicted molar refractivity (Wildman–Crippen MR) is 83.4 cm³/mol. The first-order chi connectivity index (χ1) is 10.6. The van der Waals surface area contributed by atoms with Crippen LogP contribution in [-0.2, 0) is 0 Å². The molecule has 0 aliphatic rings. The number of benzene rings is 2. The van der Waals surface area contributed by atoms with Gasteiger partial charge >= 0.3 is 0 Å². The van der Waals surface area contributed by atoms with Crippen LogP contribution in [0.5, 0.6) is 0 Å². The Bertz CT molecular complexity index is 1030. The Morgan fingerprint density at radius 2 is 1.91 bits per heavy atom. The molecule has 0 bridgehead atoms. The van der Waals surface area contributed by atoms with Crippen molar-refractivity contribution in [3.8, 4) is 11.4 Å². The maximum atomic E-state index is 13.7. The predicted octanol–water partition coefficient (Wildman–Crippen LogP) is 4.05. The van der Waals surface area contributed by atoms with Crippen molar-refractivity contribution < 1.29 is 4.39 Å². The molecule has 4 aromatic rings. The molecule has 108 valence electrons. The highest BCUT2D eigenvalue weighted by molar-refractivity contribution is 6.33. The lowest BCUT2D eigenvalue weighted by molar-refractivity contribution is 0.629. The Kier molecular flexibility index (Phi) is 2.84. The lowest BCUT2D eigenvalue weighted by Crippen LogP contribution is -1.98. The van der Waals surface area contributed by atoms with Gasteiger partial charge in [0.2, 0.25) is 0 Å². The Balaban J connectivity index is 2.20. The van der Waals surface area contributed by atoms with E-state index in [-0.39, 0.29) is 5.82 Å². The number of hydrogen-bond acceptors (Lipinski definition) is 3. The van der Waals surface area contributed by atoms with Gasteiger partial charge in [0.25, 0.3) is 0 Å². The lowest BCUT2D eigenvalue weighted by atomic mass is 10.2. The molecule has 2 heterocycles. The second-order valence-corrected chi connectivity index (χ2v) is 5.40. The fourth-order valence-electron chi connectivity index (χ4n) is 2.55. The molecule has 2 aromatic heterocycles. The smallest absolute Gasteiger partial charge is 0.183 e.